The maximum atomic E-state index is 8.93. The first kappa shape index (κ1) is 13.8. The summed E-state index contributed by atoms with van der Waals surface area (Å²) in [6, 6.07) is 6.73. The maximum Gasteiger partial charge on any atom is 0.0431 e. The lowest BCUT2D eigenvalue weighted by atomic mass is 10.1. The fourth-order valence-corrected chi connectivity index (χ4v) is 3.32. The second-order valence-electron chi connectivity index (χ2n) is 5.03. The number of aliphatic hydroxyl groups is 1. The molecule has 0 saturated carbocycles. The largest absolute Gasteiger partial charge is 0.399 e. The molecule has 1 aliphatic heterocycles. The zero-order chi connectivity index (χ0) is 13.0. The Morgan fingerprint density at radius 1 is 1.39 bits per heavy atom. The van der Waals surface area contributed by atoms with E-state index in [1.807, 2.05) is 12.1 Å². The van der Waals surface area contributed by atoms with Crippen LogP contribution < -0.4 is 5.73 Å². The van der Waals surface area contributed by atoms with Crippen LogP contribution in [0.1, 0.15) is 31.2 Å². The molecule has 0 aliphatic carbocycles. The number of nitrogens with zero attached hydrogens (tertiary/aromatic N) is 1. The first-order valence-corrected chi connectivity index (χ1v) is 7.38. The molecule has 100 valence electrons. The van der Waals surface area contributed by atoms with Gasteiger partial charge in [-0.1, -0.05) is 15.9 Å². The van der Waals surface area contributed by atoms with Gasteiger partial charge in [0.05, 0.1) is 0 Å². The minimum Gasteiger partial charge on any atom is -0.399 e. The van der Waals surface area contributed by atoms with Gasteiger partial charge in [0.2, 0.25) is 0 Å². The Hall–Kier alpha value is -0.580. The molecule has 18 heavy (non-hydrogen) atoms. The number of aliphatic hydroxyl groups excluding tert-OH is 1. The second kappa shape index (κ2) is 6.55. The van der Waals surface area contributed by atoms with E-state index in [0.29, 0.717) is 12.6 Å². The molecule has 1 aromatic rings. The Bertz CT molecular complexity index is 377. The summed E-state index contributed by atoms with van der Waals surface area (Å²) < 4.78 is 1.05. The van der Waals surface area contributed by atoms with Crippen LogP contribution in [0.4, 0.5) is 5.69 Å². The van der Waals surface area contributed by atoms with Crippen molar-refractivity contribution in [2.45, 2.75) is 38.3 Å². The molecule has 0 amide bonds. The third-order valence-corrected chi connectivity index (χ3v) is 4.02. The number of benzene rings is 1. The molecule has 1 heterocycles. The monoisotopic (exact) mass is 312 g/mol. The lowest BCUT2D eigenvalue weighted by molar-refractivity contribution is 0.210. The molecule has 2 rings (SSSR count). The second-order valence-corrected chi connectivity index (χ2v) is 5.94. The third kappa shape index (κ3) is 3.70. The number of nitrogen functional groups attached to an aromatic ring is 1. The van der Waals surface area contributed by atoms with Gasteiger partial charge in [-0.2, -0.15) is 0 Å². The molecule has 3 N–H and O–H groups in total. The Kier molecular flexibility index (Phi) is 5.03. The summed E-state index contributed by atoms with van der Waals surface area (Å²) in [5.74, 6) is 0. The van der Waals surface area contributed by atoms with Crippen molar-refractivity contribution in [1.29, 1.82) is 0 Å². The molecule has 4 heteroatoms. The number of rotatable bonds is 5. The standard InChI is InChI=1S/C14H21BrN2O/c15-12-7-11(8-13(16)9-12)10-17-5-1-3-14(17)4-2-6-18/h7-9,14,18H,1-6,10,16H2. The van der Waals surface area contributed by atoms with Crippen LogP contribution in [-0.4, -0.2) is 29.2 Å². The highest BCUT2D eigenvalue weighted by Gasteiger charge is 2.23. The van der Waals surface area contributed by atoms with Crippen molar-refractivity contribution < 1.29 is 5.11 Å². The molecule has 1 atom stereocenters. The fourth-order valence-electron chi connectivity index (χ4n) is 2.76. The fraction of sp³-hybridized carbons (Fsp3) is 0.571. The SMILES string of the molecule is Nc1cc(Br)cc(CN2CCCC2CCCO)c1. The summed E-state index contributed by atoms with van der Waals surface area (Å²) in [4.78, 5) is 2.51. The summed E-state index contributed by atoms with van der Waals surface area (Å²) in [7, 11) is 0. The molecular weight excluding hydrogens is 292 g/mol. The molecule has 1 aromatic carbocycles. The predicted molar refractivity (Wildman–Crippen MR) is 78.3 cm³/mol. The van der Waals surface area contributed by atoms with E-state index in [1.54, 1.807) is 0 Å². The van der Waals surface area contributed by atoms with Crippen LogP contribution in [0, 0.1) is 0 Å². The highest BCUT2D eigenvalue weighted by molar-refractivity contribution is 9.10. The van der Waals surface area contributed by atoms with Gasteiger partial charge in [0.25, 0.3) is 0 Å². The smallest absolute Gasteiger partial charge is 0.0431 e. The topological polar surface area (TPSA) is 49.5 Å². The molecule has 0 radical (unpaired) electrons. The lowest BCUT2D eigenvalue weighted by Gasteiger charge is -2.24. The normalized spacial score (nSPS) is 20.4. The van der Waals surface area contributed by atoms with Crippen LogP contribution in [0.3, 0.4) is 0 Å². The molecule has 0 spiro atoms. The maximum absolute atomic E-state index is 8.93. The predicted octanol–water partition coefficient (Wildman–Crippen LogP) is 2.77. The van der Waals surface area contributed by atoms with Crippen molar-refractivity contribution in [2.75, 3.05) is 18.9 Å². The molecule has 3 nitrogen and oxygen atoms in total. The van der Waals surface area contributed by atoms with E-state index in [2.05, 4.69) is 26.9 Å². The van der Waals surface area contributed by atoms with Crippen LogP contribution in [0.2, 0.25) is 0 Å². The average molecular weight is 313 g/mol. The van der Waals surface area contributed by atoms with Gasteiger partial charge in [-0.25, -0.2) is 0 Å². The molecule has 0 bridgehead atoms. The zero-order valence-electron chi connectivity index (χ0n) is 10.6. The zero-order valence-corrected chi connectivity index (χ0v) is 12.2. The number of nitrogens with two attached hydrogens (primary N) is 1. The van der Waals surface area contributed by atoms with E-state index in [1.165, 1.54) is 18.4 Å². The quantitative estimate of drug-likeness (QED) is 0.822. The van der Waals surface area contributed by atoms with Crippen molar-refractivity contribution in [3.05, 3.63) is 28.2 Å². The third-order valence-electron chi connectivity index (χ3n) is 3.56. The summed E-state index contributed by atoms with van der Waals surface area (Å²) in [5.41, 5.74) is 7.94. The number of hydrogen-bond acceptors (Lipinski definition) is 3. The molecule has 1 saturated heterocycles. The van der Waals surface area contributed by atoms with Gasteiger partial charge in [0.1, 0.15) is 0 Å². The van der Waals surface area contributed by atoms with Crippen molar-refractivity contribution in [1.82, 2.24) is 4.90 Å². The average Bonchev–Trinajstić information content (AvgIpc) is 2.72. The van der Waals surface area contributed by atoms with Crippen LogP contribution in [0.5, 0.6) is 0 Å². The van der Waals surface area contributed by atoms with Crippen LogP contribution in [-0.2, 0) is 6.54 Å². The van der Waals surface area contributed by atoms with E-state index >= 15 is 0 Å². The Balaban J connectivity index is 1.98. The van der Waals surface area contributed by atoms with E-state index in [4.69, 9.17) is 10.8 Å². The Morgan fingerprint density at radius 3 is 2.94 bits per heavy atom. The number of halogens is 1. The van der Waals surface area contributed by atoms with E-state index in [0.717, 1.165) is 36.1 Å². The molecule has 1 fully saturated rings. The Morgan fingerprint density at radius 2 is 2.22 bits per heavy atom. The molecule has 0 aromatic heterocycles. The minimum absolute atomic E-state index is 0.300. The van der Waals surface area contributed by atoms with E-state index < -0.39 is 0 Å². The van der Waals surface area contributed by atoms with Gasteiger partial charge >= 0.3 is 0 Å². The minimum atomic E-state index is 0.300. The van der Waals surface area contributed by atoms with Crippen LogP contribution in [0.25, 0.3) is 0 Å². The van der Waals surface area contributed by atoms with E-state index in [9.17, 15) is 0 Å². The van der Waals surface area contributed by atoms with Gasteiger partial charge < -0.3 is 10.8 Å². The first-order valence-electron chi connectivity index (χ1n) is 6.59. The number of hydrogen-bond donors (Lipinski definition) is 2. The van der Waals surface area contributed by atoms with Gasteiger partial charge in [-0.15, -0.1) is 0 Å². The van der Waals surface area contributed by atoms with Gasteiger partial charge in [-0.3, -0.25) is 4.90 Å². The molecular formula is C14H21BrN2O. The van der Waals surface area contributed by atoms with Gasteiger partial charge in [0.15, 0.2) is 0 Å². The summed E-state index contributed by atoms with van der Waals surface area (Å²) in [6.07, 6.45) is 4.52. The van der Waals surface area contributed by atoms with Crippen molar-refractivity contribution in [3.63, 3.8) is 0 Å². The molecule has 1 unspecified atom stereocenters. The van der Waals surface area contributed by atoms with E-state index in [-0.39, 0.29) is 0 Å². The summed E-state index contributed by atoms with van der Waals surface area (Å²) in [6.45, 7) is 2.41. The summed E-state index contributed by atoms with van der Waals surface area (Å²) >= 11 is 3.49. The summed E-state index contributed by atoms with van der Waals surface area (Å²) in [5, 5.41) is 8.93. The molecule has 1 aliphatic rings. The van der Waals surface area contributed by atoms with Crippen molar-refractivity contribution in [3.8, 4) is 0 Å². The number of anilines is 1. The first-order chi connectivity index (χ1) is 8.69. The van der Waals surface area contributed by atoms with Crippen molar-refractivity contribution in [2.24, 2.45) is 0 Å². The highest BCUT2D eigenvalue weighted by Crippen LogP contribution is 2.25. The van der Waals surface area contributed by atoms with Crippen LogP contribution in [0.15, 0.2) is 22.7 Å². The lowest BCUT2D eigenvalue weighted by Crippen LogP contribution is -2.29. The number of likely N-dealkylation sites (tertiary alicyclic amines) is 1. The van der Waals surface area contributed by atoms with Gasteiger partial charge in [-0.05, 0) is 56.0 Å². The van der Waals surface area contributed by atoms with Gasteiger partial charge in [0, 0.05) is 29.4 Å². The highest BCUT2D eigenvalue weighted by atomic mass is 79.9. The van der Waals surface area contributed by atoms with Crippen LogP contribution >= 0.6 is 15.9 Å². The Labute approximate surface area is 117 Å². The van der Waals surface area contributed by atoms with Crippen molar-refractivity contribution >= 4 is 21.6 Å².